The van der Waals surface area contributed by atoms with Crippen molar-refractivity contribution >= 4 is 42.0 Å². The zero-order chi connectivity index (χ0) is 17.2. The average molecular weight is 358 g/mol. The number of hydrogen-bond acceptors (Lipinski definition) is 8. The van der Waals surface area contributed by atoms with Crippen molar-refractivity contribution in [2.45, 2.75) is 18.5 Å². The van der Waals surface area contributed by atoms with Gasteiger partial charge in [0.2, 0.25) is 0 Å². The van der Waals surface area contributed by atoms with Crippen LogP contribution in [0.15, 0.2) is 24.3 Å². The highest BCUT2D eigenvalue weighted by Gasteiger charge is 2.19. The zero-order valence-corrected chi connectivity index (χ0v) is 14.7. The number of hydrogen-bond donors (Lipinski definition) is 4. The number of nitrogens with one attached hydrogen (secondary N) is 1. The number of rotatable bonds is 9. The van der Waals surface area contributed by atoms with E-state index in [0.717, 1.165) is 11.4 Å². The summed E-state index contributed by atoms with van der Waals surface area (Å²) in [7, 11) is 0. The van der Waals surface area contributed by atoms with E-state index in [9.17, 15) is 9.59 Å². The number of benzene rings is 1. The molecule has 23 heavy (non-hydrogen) atoms. The lowest BCUT2D eigenvalue weighted by Crippen LogP contribution is -2.34. The van der Waals surface area contributed by atoms with E-state index >= 15 is 0 Å². The Bertz CT molecular complexity index is 511. The first kappa shape index (κ1) is 19.8. The Morgan fingerprint density at radius 1 is 1.30 bits per heavy atom. The lowest BCUT2D eigenvalue weighted by molar-refractivity contribution is -0.139. The number of carbonyl (C=O) groups excluding carboxylic acids is 2. The Hall–Kier alpha value is -1.22. The van der Waals surface area contributed by atoms with Crippen molar-refractivity contribution < 1.29 is 14.3 Å². The van der Waals surface area contributed by atoms with Gasteiger partial charge in [-0.3, -0.25) is 0 Å². The average Bonchev–Trinajstić information content (AvgIpc) is 2.57. The molecular formula is C15H23N3O3S2. The fourth-order valence-corrected chi connectivity index (χ4v) is 2.25. The standard InChI is InChI=1S/C15H23N3O3S2/c1-23-7-6-13(17)15(20)21-14(19)10-2-4-12(5-3-10)18-8-11(16)9-22/h2-5,11,13,18,22H,6-9,16-17H2,1H3/t11?,13-/m0/s1. The predicted molar refractivity (Wildman–Crippen MR) is 98.2 cm³/mol. The van der Waals surface area contributed by atoms with E-state index in [-0.39, 0.29) is 6.04 Å². The number of carbonyl (C=O) groups is 2. The summed E-state index contributed by atoms with van der Waals surface area (Å²) in [5.74, 6) is -0.0885. The van der Waals surface area contributed by atoms with Gasteiger partial charge < -0.3 is 21.5 Å². The summed E-state index contributed by atoms with van der Waals surface area (Å²) in [6.45, 7) is 0.579. The van der Waals surface area contributed by atoms with E-state index in [1.165, 1.54) is 0 Å². The molecule has 0 amide bonds. The molecule has 0 radical (unpaired) electrons. The minimum Gasteiger partial charge on any atom is -0.388 e. The third-order valence-corrected chi connectivity index (χ3v) is 4.17. The largest absolute Gasteiger partial charge is 0.388 e. The van der Waals surface area contributed by atoms with E-state index in [1.54, 1.807) is 36.0 Å². The molecule has 0 bridgehead atoms. The summed E-state index contributed by atoms with van der Waals surface area (Å²) >= 11 is 5.68. The molecule has 0 fully saturated rings. The van der Waals surface area contributed by atoms with Gasteiger partial charge in [0.25, 0.3) is 0 Å². The van der Waals surface area contributed by atoms with Gasteiger partial charge in [-0.15, -0.1) is 0 Å². The van der Waals surface area contributed by atoms with E-state index in [2.05, 4.69) is 17.9 Å². The molecular weight excluding hydrogens is 334 g/mol. The van der Waals surface area contributed by atoms with Crippen LogP contribution >= 0.6 is 24.4 Å². The lowest BCUT2D eigenvalue weighted by atomic mass is 10.2. The second-order valence-corrected chi connectivity index (χ2v) is 6.35. The molecule has 0 aliphatic rings. The maximum atomic E-state index is 11.9. The van der Waals surface area contributed by atoms with Crippen LogP contribution in [0.25, 0.3) is 0 Å². The Labute approximate surface area is 146 Å². The number of nitrogens with two attached hydrogens (primary N) is 2. The van der Waals surface area contributed by atoms with Crippen LogP contribution in [0.3, 0.4) is 0 Å². The molecule has 6 nitrogen and oxygen atoms in total. The summed E-state index contributed by atoms with van der Waals surface area (Å²) in [6, 6.07) is 5.77. The summed E-state index contributed by atoms with van der Waals surface area (Å²) in [5, 5.41) is 3.13. The van der Waals surface area contributed by atoms with Crippen LogP contribution < -0.4 is 16.8 Å². The van der Waals surface area contributed by atoms with Crippen LogP contribution in [0.2, 0.25) is 0 Å². The van der Waals surface area contributed by atoms with Gasteiger partial charge in [0.1, 0.15) is 6.04 Å². The Morgan fingerprint density at radius 2 is 1.96 bits per heavy atom. The monoisotopic (exact) mass is 357 g/mol. The Kier molecular flexibility index (Phi) is 9.08. The van der Waals surface area contributed by atoms with Gasteiger partial charge in [-0.2, -0.15) is 24.4 Å². The summed E-state index contributed by atoms with van der Waals surface area (Å²) in [5.41, 5.74) is 12.5. The van der Waals surface area contributed by atoms with Gasteiger partial charge in [0.15, 0.2) is 0 Å². The van der Waals surface area contributed by atoms with Gasteiger partial charge in [-0.1, -0.05) is 0 Å². The maximum Gasteiger partial charge on any atom is 0.345 e. The van der Waals surface area contributed by atoms with Crippen LogP contribution in [-0.2, 0) is 9.53 Å². The molecule has 0 spiro atoms. The highest BCUT2D eigenvalue weighted by molar-refractivity contribution is 7.98. The number of ether oxygens (including phenoxy) is 1. The van der Waals surface area contributed by atoms with Gasteiger partial charge in [0.05, 0.1) is 5.56 Å². The van der Waals surface area contributed by atoms with Crippen LogP contribution in [0.1, 0.15) is 16.8 Å². The Balaban J connectivity index is 2.52. The van der Waals surface area contributed by atoms with E-state index in [1.807, 2.05) is 6.26 Å². The van der Waals surface area contributed by atoms with Gasteiger partial charge in [0, 0.05) is 24.0 Å². The molecule has 5 N–H and O–H groups in total. The van der Waals surface area contributed by atoms with Crippen molar-refractivity contribution in [1.29, 1.82) is 0 Å². The molecule has 1 aromatic rings. The molecule has 0 heterocycles. The molecule has 1 unspecified atom stereocenters. The van der Waals surface area contributed by atoms with Crippen molar-refractivity contribution in [3.8, 4) is 0 Å². The second kappa shape index (κ2) is 10.5. The normalized spacial score (nSPS) is 13.2. The number of thioether (sulfide) groups is 1. The molecule has 8 heteroatoms. The first-order chi connectivity index (χ1) is 11.0. The van der Waals surface area contributed by atoms with Crippen LogP contribution in [-0.4, -0.2) is 48.3 Å². The van der Waals surface area contributed by atoms with E-state index in [4.69, 9.17) is 16.2 Å². The van der Waals surface area contributed by atoms with Crippen molar-refractivity contribution in [1.82, 2.24) is 0 Å². The van der Waals surface area contributed by atoms with E-state index in [0.29, 0.717) is 24.3 Å². The summed E-state index contributed by atoms with van der Waals surface area (Å²) < 4.78 is 4.79. The van der Waals surface area contributed by atoms with Gasteiger partial charge in [-0.25, -0.2) is 9.59 Å². The smallest absolute Gasteiger partial charge is 0.345 e. The SMILES string of the molecule is CSCC[C@H](N)C(=O)OC(=O)c1ccc(NCC(N)CS)cc1. The number of anilines is 1. The van der Waals surface area contributed by atoms with Crippen molar-refractivity contribution in [2.75, 3.05) is 29.6 Å². The quantitative estimate of drug-likeness (QED) is 0.298. The molecule has 0 aliphatic heterocycles. The maximum absolute atomic E-state index is 11.9. The lowest BCUT2D eigenvalue weighted by Gasteiger charge is -2.12. The second-order valence-electron chi connectivity index (χ2n) is 5.00. The Morgan fingerprint density at radius 3 is 2.52 bits per heavy atom. The van der Waals surface area contributed by atoms with E-state index < -0.39 is 18.0 Å². The predicted octanol–water partition coefficient (Wildman–Crippen LogP) is 1.12. The first-order valence-electron chi connectivity index (χ1n) is 7.18. The highest BCUT2D eigenvalue weighted by Crippen LogP contribution is 2.11. The summed E-state index contributed by atoms with van der Waals surface area (Å²) in [6.07, 6.45) is 2.39. The van der Waals surface area contributed by atoms with Gasteiger partial charge in [-0.05, 0) is 42.7 Å². The third kappa shape index (κ3) is 7.26. The van der Waals surface area contributed by atoms with Gasteiger partial charge >= 0.3 is 11.9 Å². The van der Waals surface area contributed by atoms with Crippen LogP contribution in [0, 0.1) is 0 Å². The molecule has 0 aromatic heterocycles. The molecule has 0 saturated carbocycles. The van der Waals surface area contributed by atoms with Crippen LogP contribution in [0.5, 0.6) is 0 Å². The van der Waals surface area contributed by atoms with Crippen molar-refractivity contribution in [2.24, 2.45) is 11.5 Å². The molecule has 128 valence electrons. The first-order valence-corrected chi connectivity index (χ1v) is 9.21. The molecule has 0 saturated heterocycles. The molecule has 0 aliphatic carbocycles. The number of esters is 2. The van der Waals surface area contributed by atoms with Crippen molar-refractivity contribution in [3.63, 3.8) is 0 Å². The zero-order valence-electron chi connectivity index (χ0n) is 13.0. The minimum atomic E-state index is -0.782. The van der Waals surface area contributed by atoms with Crippen molar-refractivity contribution in [3.05, 3.63) is 29.8 Å². The summed E-state index contributed by atoms with van der Waals surface area (Å²) in [4.78, 5) is 23.6. The van der Waals surface area contributed by atoms with Crippen LogP contribution in [0.4, 0.5) is 5.69 Å². The third-order valence-electron chi connectivity index (χ3n) is 3.05. The molecule has 2 atom stereocenters. The molecule has 1 rings (SSSR count). The minimum absolute atomic E-state index is 0.0524. The fraction of sp³-hybridized carbons (Fsp3) is 0.467. The number of thiol groups is 1. The fourth-order valence-electron chi connectivity index (χ4n) is 1.63. The highest BCUT2D eigenvalue weighted by atomic mass is 32.2. The topological polar surface area (TPSA) is 107 Å². The molecule has 1 aromatic carbocycles.